The third-order valence-electron chi connectivity index (χ3n) is 3.14. The Morgan fingerprint density at radius 3 is 2.19 bits per heavy atom. The van der Waals surface area contributed by atoms with E-state index in [1.54, 1.807) is 7.11 Å². The zero-order valence-corrected chi connectivity index (χ0v) is 11.6. The van der Waals surface area contributed by atoms with E-state index in [0.717, 1.165) is 16.9 Å². The summed E-state index contributed by atoms with van der Waals surface area (Å²) in [5, 5.41) is 0. The zero-order chi connectivity index (χ0) is 14.5. The Bertz CT molecular complexity index is 683. The van der Waals surface area contributed by atoms with Crippen molar-refractivity contribution in [2.75, 3.05) is 7.11 Å². The first kappa shape index (κ1) is 13.1. The molecule has 0 aromatic heterocycles. The fourth-order valence-corrected chi connectivity index (χ4v) is 2.03. The van der Waals surface area contributed by atoms with Crippen LogP contribution in [0.5, 0.6) is 5.75 Å². The molecule has 21 heavy (non-hydrogen) atoms. The summed E-state index contributed by atoms with van der Waals surface area (Å²) in [6, 6.07) is 17.2. The quantitative estimate of drug-likeness (QED) is 0.788. The standard InChI is InChI=1S/C18H14O3/c1-19-17-9-7-16(8-10-17)18(20-13-14-21-18)12-11-15-5-3-2-4-6-15/h2-10,13-14H,1H3. The average Bonchev–Trinajstić information content (AvgIpc) is 3.04. The van der Waals surface area contributed by atoms with Gasteiger partial charge in [0.25, 0.3) is 0 Å². The maximum absolute atomic E-state index is 5.60. The van der Waals surface area contributed by atoms with E-state index in [1.807, 2.05) is 54.6 Å². The van der Waals surface area contributed by atoms with Gasteiger partial charge in [0.2, 0.25) is 0 Å². The van der Waals surface area contributed by atoms with Gasteiger partial charge in [-0.25, -0.2) is 0 Å². The lowest BCUT2D eigenvalue weighted by Gasteiger charge is -2.22. The molecule has 0 fully saturated rings. The van der Waals surface area contributed by atoms with Crippen molar-refractivity contribution in [2.45, 2.75) is 5.79 Å². The van der Waals surface area contributed by atoms with Crippen LogP contribution in [0.4, 0.5) is 0 Å². The molecular weight excluding hydrogens is 264 g/mol. The number of rotatable bonds is 2. The number of benzene rings is 2. The molecule has 1 aliphatic heterocycles. The summed E-state index contributed by atoms with van der Waals surface area (Å²) in [4.78, 5) is 0. The molecular formula is C18H14O3. The van der Waals surface area contributed by atoms with Gasteiger partial charge in [-0.15, -0.1) is 0 Å². The van der Waals surface area contributed by atoms with Crippen molar-refractivity contribution in [3.8, 4) is 17.6 Å². The second-order valence-electron chi connectivity index (χ2n) is 4.47. The van der Waals surface area contributed by atoms with E-state index < -0.39 is 5.79 Å². The van der Waals surface area contributed by atoms with E-state index in [1.165, 1.54) is 12.5 Å². The normalized spacial score (nSPS) is 14.5. The molecule has 0 radical (unpaired) electrons. The van der Waals surface area contributed by atoms with Gasteiger partial charge in [0.15, 0.2) is 0 Å². The Hall–Kier alpha value is -2.86. The number of ether oxygens (including phenoxy) is 3. The van der Waals surface area contributed by atoms with Crippen LogP contribution < -0.4 is 4.74 Å². The average molecular weight is 278 g/mol. The van der Waals surface area contributed by atoms with E-state index in [-0.39, 0.29) is 0 Å². The predicted molar refractivity (Wildman–Crippen MR) is 79.3 cm³/mol. The molecule has 0 unspecified atom stereocenters. The summed E-state index contributed by atoms with van der Waals surface area (Å²) >= 11 is 0. The minimum absolute atomic E-state index is 0.774. The van der Waals surface area contributed by atoms with Crippen LogP contribution in [0.15, 0.2) is 67.1 Å². The lowest BCUT2D eigenvalue weighted by molar-refractivity contribution is -0.0963. The molecule has 3 rings (SSSR count). The van der Waals surface area contributed by atoms with Gasteiger partial charge >= 0.3 is 5.79 Å². The molecule has 3 heteroatoms. The summed E-state index contributed by atoms with van der Waals surface area (Å²) in [6.07, 6.45) is 3.01. The van der Waals surface area contributed by atoms with Gasteiger partial charge in [0.05, 0.1) is 12.7 Å². The molecule has 3 nitrogen and oxygen atoms in total. The minimum Gasteiger partial charge on any atom is -0.497 e. The monoisotopic (exact) mass is 278 g/mol. The van der Waals surface area contributed by atoms with E-state index in [2.05, 4.69) is 11.8 Å². The van der Waals surface area contributed by atoms with Gasteiger partial charge in [-0.05, 0) is 42.3 Å². The Balaban J connectivity index is 1.95. The Morgan fingerprint density at radius 1 is 0.905 bits per heavy atom. The summed E-state index contributed by atoms with van der Waals surface area (Å²) in [6.45, 7) is 0. The highest BCUT2D eigenvalue weighted by atomic mass is 16.7. The van der Waals surface area contributed by atoms with Crippen LogP contribution in [0, 0.1) is 11.8 Å². The third kappa shape index (κ3) is 2.70. The maximum Gasteiger partial charge on any atom is 0.344 e. The smallest absolute Gasteiger partial charge is 0.344 e. The van der Waals surface area contributed by atoms with Crippen LogP contribution in [0.1, 0.15) is 11.1 Å². The molecule has 0 bridgehead atoms. The van der Waals surface area contributed by atoms with Gasteiger partial charge in [0, 0.05) is 5.56 Å². The summed E-state index contributed by atoms with van der Waals surface area (Å²) < 4.78 is 16.4. The van der Waals surface area contributed by atoms with Crippen LogP contribution in [0.3, 0.4) is 0 Å². The number of methoxy groups -OCH3 is 1. The van der Waals surface area contributed by atoms with Crippen LogP contribution in [-0.2, 0) is 15.3 Å². The molecule has 104 valence electrons. The first-order valence-electron chi connectivity index (χ1n) is 6.56. The summed E-state index contributed by atoms with van der Waals surface area (Å²) in [7, 11) is 1.63. The van der Waals surface area contributed by atoms with Crippen molar-refractivity contribution in [3.63, 3.8) is 0 Å². The lowest BCUT2D eigenvalue weighted by Crippen LogP contribution is -2.24. The molecule has 0 aliphatic carbocycles. The molecule has 1 aliphatic rings. The van der Waals surface area contributed by atoms with Crippen LogP contribution >= 0.6 is 0 Å². The Kier molecular flexibility index (Phi) is 3.53. The van der Waals surface area contributed by atoms with Gasteiger partial charge in [-0.1, -0.05) is 24.1 Å². The van der Waals surface area contributed by atoms with Crippen molar-refractivity contribution in [1.82, 2.24) is 0 Å². The molecule has 1 heterocycles. The van der Waals surface area contributed by atoms with Gasteiger partial charge < -0.3 is 14.2 Å². The van der Waals surface area contributed by atoms with Gasteiger partial charge in [0.1, 0.15) is 18.3 Å². The largest absolute Gasteiger partial charge is 0.497 e. The van der Waals surface area contributed by atoms with Crippen molar-refractivity contribution >= 4 is 0 Å². The van der Waals surface area contributed by atoms with E-state index in [9.17, 15) is 0 Å². The third-order valence-corrected chi connectivity index (χ3v) is 3.14. The highest BCUT2D eigenvalue weighted by Gasteiger charge is 2.36. The minimum atomic E-state index is -1.10. The van der Waals surface area contributed by atoms with Crippen molar-refractivity contribution < 1.29 is 14.2 Å². The molecule has 0 amide bonds. The van der Waals surface area contributed by atoms with Gasteiger partial charge in [-0.2, -0.15) is 0 Å². The van der Waals surface area contributed by atoms with Gasteiger partial charge in [-0.3, -0.25) is 0 Å². The summed E-state index contributed by atoms with van der Waals surface area (Å²) in [5.74, 6) is 5.83. The lowest BCUT2D eigenvalue weighted by atomic mass is 10.1. The van der Waals surface area contributed by atoms with Crippen LogP contribution in [0.25, 0.3) is 0 Å². The second kappa shape index (κ2) is 5.64. The highest BCUT2D eigenvalue weighted by molar-refractivity contribution is 5.40. The fourth-order valence-electron chi connectivity index (χ4n) is 2.03. The second-order valence-corrected chi connectivity index (χ2v) is 4.47. The van der Waals surface area contributed by atoms with E-state index in [4.69, 9.17) is 14.2 Å². The van der Waals surface area contributed by atoms with Crippen molar-refractivity contribution in [3.05, 3.63) is 78.2 Å². The summed E-state index contributed by atoms with van der Waals surface area (Å²) in [5.41, 5.74) is 1.72. The van der Waals surface area contributed by atoms with Crippen LogP contribution in [-0.4, -0.2) is 7.11 Å². The highest BCUT2D eigenvalue weighted by Crippen LogP contribution is 2.32. The number of hydrogen-bond acceptors (Lipinski definition) is 3. The molecule has 0 atom stereocenters. The molecule has 0 spiro atoms. The fraction of sp³-hybridized carbons (Fsp3) is 0.111. The molecule has 0 saturated carbocycles. The Morgan fingerprint density at radius 2 is 1.57 bits per heavy atom. The predicted octanol–water partition coefficient (Wildman–Crippen LogP) is 3.42. The zero-order valence-electron chi connectivity index (χ0n) is 11.6. The van der Waals surface area contributed by atoms with Crippen molar-refractivity contribution in [2.24, 2.45) is 0 Å². The molecule has 2 aromatic rings. The first-order valence-corrected chi connectivity index (χ1v) is 6.56. The van der Waals surface area contributed by atoms with E-state index in [0.29, 0.717) is 0 Å². The molecule has 0 saturated heterocycles. The maximum atomic E-state index is 5.60. The molecule has 0 N–H and O–H groups in total. The molecule has 2 aromatic carbocycles. The Labute approximate surface area is 123 Å². The van der Waals surface area contributed by atoms with E-state index >= 15 is 0 Å². The van der Waals surface area contributed by atoms with Crippen molar-refractivity contribution in [1.29, 1.82) is 0 Å². The van der Waals surface area contributed by atoms with Crippen LogP contribution in [0.2, 0.25) is 0 Å². The topological polar surface area (TPSA) is 27.7 Å². The SMILES string of the molecule is COc1ccc(C2(C#Cc3ccccc3)OC=CO2)cc1. The number of hydrogen-bond donors (Lipinski definition) is 0. The first-order chi connectivity index (χ1) is 10.3.